The molecular formula is C20H28N8O. The fraction of sp³-hybridized carbons (Fsp3) is 0.500. The van der Waals surface area contributed by atoms with Gasteiger partial charge in [0.25, 0.3) is 0 Å². The molecule has 154 valence electrons. The topological polar surface area (TPSA) is 107 Å². The lowest BCUT2D eigenvalue weighted by atomic mass is 10.0. The fourth-order valence-electron chi connectivity index (χ4n) is 3.98. The molecule has 0 spiro atoms. The summed E-state index contributed by atoms with van der Waals surface area (Å²) in [6.45, 7) is 7.79. The highest BCUT2D eigenvalue weighted by atomic mass is 16.5. The van der Waals surface area contributed by atoms with Crippen molar-refractivity contribution >= 4 is 28.6 Å². The minimum atomic E-state index is -0.0578. The lowest BCUT2D eigenvalue weighted by Crippen LogP contribution is -2.52. The van der Waals surface area contributed by atoms with Gasteiger partial charge in [-0.2, -0.15) is 4.98 Å². The van der Waals surface area contributed by atoms with E-state index in [1.54, 1.807) is 19.5 Å². The number of hydrogen-bond acceptors (Lipinski definition) is 8. The van der Waals surface area contributed by atoms with E-state index in [0.717, 1.165) is 35.6 Å². The second kappa shape index (κ2) is 7.92. The third-order valence-electron chi connectivity index (χ3n) is 5.35. The third-order valence-corrected chi connectivity index (χ3v) is 5.35. The quantitative estimate of drug-likeness (QED) is 0.677. The van der Waals surface area contributed by atoms with Gasteiger partial charge in [-0.15, -0.1) is 0 Å². The molecule has 0 amide bonds. The summed E-state index contributed by atoms with van der Waals surface area (Å²) in [6.07, 6.45) is 4.48. The Morgan fingerprint density at radius 1 is 1.24 bits per heavy atom. The summed E-state index contributed by atoms with van der Waals surface area (Å²) in [5.74, 6) is 3.05. The van der Waals surface area contributed by atoms with E-state index in [-0.39, 0.29) is 12.1 Å². The maximum Gasteiger partial charge on any atom is 0.227 e. The van der Waals surface area contributed by atoms with Crippen molar-refractivity contribution in [2.24, 2.45) is 5.73 Å². The van der Waals surface area contributed by atoms with Gasteiger partial charge in [0.15, 0.2) is 0 Å². The van der Waals surface area contributed by atoms with Crippen molar-refractivity contribution in [2.75, 3.05) is 30.4 Å². The number of rotatable bonds is 5. The molecule has 0 bridgehead atoms. The molecule has 1 aliphatic heterocycles. The minimum Gasteiger partial charge on any atom is -0.380 e. The molecule has 0 radical (unpaired) electrons. The maximum absolute atomic E-state index is 6.22. The summed E-state index contributed by atoms with van der Waals surface area (Å²) in [5, 5.41) is 3.30. The molecule has 3 N–H and O–H groups in total. The van der Waals surface area contributed by atoms with E-state index in [0.29, 0.717) is 24.4 Å². The standard InChI is InChI=1S/C20H28N8O/c1-12(2)28-13(3)24-15-10-23-19(9-16(15)28)25-18-5-7-22-20(26-18)27-8-6-17(29-4)14(21)11-27/h5,7,9-10,12,14,17H,6,8,11,21H2,1-4H3,(H,22,23,25,26). The Balaban J connectivity index is 1.56. The van der Waals surface area contributed by atoms with E-state index in [1.807, 2.05) is 19.1 Å². The predicted octanol–water partition coefficient (Wildman–Crippen LogP) is 2.41. The molecule has 0 saturated carbocycles. The first-order chi connectivity index (χ1) is 14.0. The summed E-state index contributed by atoms with van der Waals surface area (Å²) < 4.78 is 7.64. The smallest absolute Gasteiger partial charge is 0.227 e. The summed E-state index contributed by atoms with van der Waals surface area (Å²) in [6, 6.07) is 4.11. The van der Waals surface area contributed by atoms with Gasteiger partial charge in [0.2, 0.25) is 5.95 Å². The zero-order valence-electron chi connectivity index (χ0n) is 17.3. The van der Waals surface area contributed by atoms with Gasteiger partial charge in [-0.05, 0) is 33.3 Å². The zero-order valence-corrected chi connectivity index (χ0v) is 17.3. The van der Waals surface area contributed by atoms with Crippen molar-refractivity contribution in [3.05, 3.63) is 30.4 Å². The molecule has 0 aliphatic carbocycles. The summed E-state index contributed by atoms with van der Waals surface area (Å²) >= 11 is 0. The van der Waals surface area contributed by atoms with Crippen LogP contribution in [0.3, 0.4) is 0 Å². The normalized spacial score (nSPS) is 19.9. The van der Waals surface area contributed by atoms with Crippen molar-refractivity contribution < 1.29 is 4.74 Å². The van der Waals surface area contributed by atoms with E-state index < -0.39 is 0 Å². The van der Waals surface area contributed by atoms with Gasteiger partial charge in [-0.25, -0.2) is 15.0 Å². The number of fused-ring (bicyclic) bond motifs is 1. The average Bonchev–Trinajstić information content (AvgIpc) is 3.03. The van der Waals surface area contributed by atoms with E-state index in [2.05, 4.69) is 48.6 Å². The molecule has 1 fully saturated rings. The molecule has 9 heteroatoms. The van der Waals surface area contributed by atoms with Gasteiger partial charge in [0.05, 0.1) is 17.8 Å². The number of imidazole rings is 1. The number of aryl methyl sites for hydroxylation is 1. The summed E-state index contributed by atoms with van der Waals surface area (Å²) in [5.41, 5.74) is 8.16. The van der Waals surface area contributed by atoms with Crippen molar-refractivity contribution in [2.45, 2.75) is 45.4 Å². The second-order valence-corrected chi connectivity index (χ2v) is 7.72. The lowest BCUT2D eigenvalue weighted by molar-refractivity contribution is 0.0662. The minimum absolute atomic E-state index is 0.0578. The Morgan fingerprint density at radius 3 is 2.79 bits per heavy atom. The van der Waals surface area contributed by atoms with Crippen LogP contribution in [-0.4, -0.2) is 56.8 Å². The number of ether oxygens (including phenoxy) is 1. The van der Waals surface area contributed by atoms with Crippen LogP contribution in [0, 0.1) is 6.92 Å². The molecule has 3 aromatic rings. The first kappa shape index (κ1) is 19.5. The molecule has 0 aromatic carbocycles. The van der Waals surface area contributed by atoms with Crippen LogP contribution in [0.1, 0.15) is 32.1 Å². The Bertz CT molecular complexity index is 1000. The lowest BCUT2D eigenvalue weighted by Gasteiger charge is -2.35. The molecule has 1 aliphatic rings. The van der Waals surface area contributed by atoms with Crippen molar-refractivity contribution in [1.29, 1.82) is 0 Å². The second-order valence-electron chi connectivity index (χ2n) is 7.72. The van der Waals surface area contributed by atoms with Gasteiger partial charge in [0, 0.05) is 44.5 Å². The van der Waals surface area contributed by atoms with Gasteiger partial charge in [0.1, 0.15) is 23.0 Å². The molecular weight excluding hydrogens is 368 g/mol. The Labute approximate surface area is 170 Å². The van der Waals surface area contributed by atoms with Crippen LogP contribution in [0.4, 0.5) is 17.6 Å². The van der Waals surface area contributed by atoms with Gasteiger partial charge < -0.3 is 25.3 Å². The number of hydrogen-bond donors (Lipinski definition) is 2. The van der Waals surface area contributed by atoms with E-state index in [4.69, 9.17) is 10.5 Å². The highest BCUT2D eigenvalue weighted by molar-refractivity contribution is 5.79. The van der Waals surface area contributed by atoms with Crippen molar-refractivity contribution in [3.63, 3.8) is 0 Å². The molecule has 2 unspecified atom stereocenters. The molecule has 3 aromatic heterocycles. The number of nitrogens with zero attached hydrogens (tertiary/aromatic N) is 6. The largest absolute Gasteiger partial charge is 0.380 e. The van der Waals surface area contributed by atoms with E-state index in [9.17, 15) is 0 Å². The number of piperidine rings is 1. The number of pyridine rings is 1. The number of nitrogens with two attached hydrogens (primary N) is 1. The van der Waals surface area contributed by atoms with Crippen LogP contribution >= 0.6 is 0 Å². The van der Waals surface area contributed by atoms with Crippen LogP contribution in [0.5, 0.6) is 0 Å². The Morgan fingerprint density at radius 2 is 2.07 bits per heavy atom. The zero-order chi connectivity index (χ0) is 20.5. The first-order valence-electron chi connectivity index (χ1n) is 9.94. The van der Waals surface area contributed by atoms with E-state index >= 15 is 0 Å². The molecule has 29 heavy (non-hydrogen) atoms. The number of nitrogens with one attached hydrogen (secondary N) is 1. The summed E-state index contributed by atoms with van der Waals surface area (Å²) in [7, 11) is 1.71. The van der Waals surface area contributed by atoms with Crippen LogP contribution in [-0.2, 0) is 4.74 Å². The first-order valence-corrected chi connectivity index (χ1v) is 9.94. The molecule has 1 saturated heterocycles. The van der Waals surface area contributed by atoms with Crippen LogP contribution in [0.2, 0.25) is 0 Å². The highest BCUT2D eigenvalue weighted by Gasteiger charge is 2.27. The van der Waals surface area contributed by atoms with Crippen LogP contribution < -0.4 is 16.0 Å². The number of methoxy groups -OCH3 is 1. The number of anilines is 3. The Hall–Kier alpha value is -2.78. The van der Waals surface area contributed by atoms with Crippen molar-refractivity contribution in [3.8, 4) is 0 Å². The van der Waals surface area contributed by atoms with Crippen LogP contribution in [0.25, 0.3) is 11.0 Å². The van der Waals surface area contributed by atoms with Crippen molar-refractivity contribution in [1.82, 2.24) is 24.5 Å². The third kappa shape index (κ3) is 3.88. The Kier molecular flexibility index (Phi) is 5.33. The van der Waals surface area contributed by atoms with Gasteiger partial charge in [-0.3, -0.25) is 0 Å². The molecule has 2 atom stereocenters. The molecule has 9 nitrogen and oxygen atoms in total. The number of aromatic nitrogens is 5. The molecule has 4 rings (SSSR count). The average molecular weight is 396 g/mol. The van der Waals surface area contributed by atoms with Crippen LogP contribution in [0.15, 0.2) is 24.5 Å². The molecule has 4 heterocycles. The summed E-state index contributed by atoms with van der Waals surface area (Å²) in [4.78, 5) is 20.3. The maximum atomic E-state index is 6.22. The fourth-order valence-corrected chi connectivity index (χ4v) is 3.98. The highest BCUT2D eigenvalue weighted by Crippen LogP contribution is 2.24. The predicted molar refractivity (Wildman–Crippen MR) is 114 cm³/mol. The van der Waals surface area contributed by atoms with Gasteiger partial charge in [-0.1, -0.05) is 0 Å². The SMILES string of the molecule is COC1CCN(c2nccc(Nc3cc4c(cn3)nc(C)n4C(C)C)n2)CC1N. The monoisotopic (exact) mass is 396 g/mol. The van der Waals surface area contributed by atoms with E-state index in [1.165, 1.54) is 0 Å². The van der Waals surface area contributed by atoms with Gasteiger partial charge >= 0.3 is 0 Å².